The van der Waals surface area contributed by atoms with Crippen LogP contribution in [-0.4, -0.2) is 19.3 Å². The van der Waals surface area contributed by atoms with Crippen molar-refractivity contribution in [2.75, 3.05) is 0 Å². The van der Waals surface area contributed by atoms with E-state index in [2.05, 4.69) is 10.1 Å². The van der Waals surface area contributed by atoms with Gasteiger partial charge in [-0.3, -0.25) is 4.68 Å². The molecule has 0 atom stereocenters. The fourth-order valence-corrected chi connectivity index (χ4v) is 1.09. The van der Waals surface area contributed by atoms with Crippen LogP contribution in [0, 0.1) is 13.8 Å². The van der Waals surface area contributed by atoms with Gasteiger partial charge in [0.1, 0.15) is 0 Å². The number of aromatic nitrogens is 4. The van der Waals surface area contributed by atoms with Crippen LogP contribution < -0.4 is 0 Å². The maximum atomic E-state index is 3.98. The summed E-state index contributed by atoms with van der Waals surface area (Å²) in [6.45, 7) is 3.99. The van der Waals surface area contributed by atoms with Gasteiger partial charge in [0, 0.05) is 26.5 Å². The van der Waals surface area contributed by atoms with Crippen LogP contribution in [0.25, 0.3) is 0 Å². The Morgan fingerprint density at radius 2 is 1.80 bits per heavy atom. The molecule has 0 N–H and O–H groups in total. The van der Waals surface area contributed by atoms with Crippen LogP contribution in [-0.2, 0) is 14.1 Å². The number of nitrogens with zero attached hydrogens (tertiary/aromatic N) is 4. The molecule has 0 aliphatic carbocycles. The van der Waals surface area contributed by atoms with Crippen LogP contribution in [0.15, 0.2) is 24.9 Å². The second-order valence-electron chi connectivity index (χ2n) is 3.37. The fourth-order valence-electron chi connectivity index (χ4n) is 1.09. The predicted octanol–water partition coefficient (Wildman–Crippen LogP) is 2.09. The Bertz CT molecular complexity index is 315. The van der Waals surface area contributed by atoms with Gasteiger partial charge in [-0.05, 0) is 19.4 Å². The molecule has 0 spiro atoms. The summed E-state index contributed by atoms with van der Waals surface area (Å²) in [5, 5.41) is 3.93. The molecule has 4 heteroatoms. The average molecular weight is 208 g/mol. The molecule has 0 saturated carbocycles. The van der Waals surface area contributed by atoms with Crippen molar-refractivity contribution in [1.82, 2.24) is 19.3 Å². The average Bonchev–Trinajstić information content (AvgIpc) is 2.63. The molecule has 0 aromatic carbocycles. The number of hydrogen-bond donors (Lipinski definition) is 0. The molecule has 2 rings (SSSR count). The highest BCUT2D eigenvalue weighted by Gasteiger charge is 1.82. The minimum Gasteiger partial charge on any atom is -0.340 e. The minimum absolute atomic E-state index is 0. The summed E-state index contributed by atoms with van der Waals surface area (Å²) in [7, 11) is 3.87. The second kappa shape index (κ2) is 6.01. The molecule has 0 bridgehead atoms. The molecule has 0 aliphatic heterocycles. The monoisotopic (exact) mass is 208 g/mol. The summed E-state index contributed by atoms with van der Waals surface area (Å²) in [6, 6.07) is 0. The largest absolute Gasteiger partial charge is 0.340 e. The Morgan fingerprint density at radius 1 is 1.13 bits per heavy atom. The molecule has 0 saturated heterocycles. The van der Waals surface area contributed by atoms with Crippen LogP contribution in [0.2, 0.25) is 0 Å². The van der Waals surface area contributed by atoms with Crippen molar-refractivity contribution >= 4 is 0 Å². The molecule has 2 heterocycles. The van der Waals surface area contributed by atoms with E-state index in [4.69, 9.17) is 0 Å². The highest BCUT2D eigenvalue weighted by Crippen LogP contribution is 1.88. The maximum absolute atomic E-state index is 3.98. The maximum Gasteiger partial charge on any atom is 0.0946 e. The summed E-state index contributed by atoms with van der Waals surface area (Å²) in [5.41, 5.74) is 2.28. The first-order valence-corrected chi connectivity index (χ1v) is 4.48. The van der Waals surface area contributed by atoms with Crippen molar-refractivity contribution in [1.29, 1.82) is 0 Å². The Morgan fingerprint density at radius 3 is 1.93 bits per heavy atom. The molecule has 84 valence electrons. The molecule has 2 aromatic rings. The van der Waals surface area contributed by atoms with Crippen LogP contribution in [0.4, 0.5) is 0 Å². The number of imidazole rings is 1. The van der Waals surface area contributed by atoms with Crippen molar-refractivity contribution in [2.24, 2.45) is 14.1 Å². The molecule has 0 aliphatic rings. The normalized spacial score (nSPS) is 8.80. The third-order valence-electron chi connectivity index (χ3n) is 1.67. The molecular formula is C11H20N4. The molecule has 0 unspecified atom stereocenters. The van der Waals surface area contributed by atoms with E-state index in [1.54, 1.807) is 11.0 Å². The Hall–Kier alpha value is -1.58. The fraction of sp³-hybridized carbons (Fsp3) is 0.455. The van der Waals surface area contributed by atoms with Gasteiger partial charge in [0.2, 0.25) is 0 Å². The first-order chi connectivity index (χ1) is 6.58. The first kappa shape index (κ1) is 13.4. The van der Waals surface area contributed by atoms with E-state index >= 15 is 0 Å². The van der Waals surface area contributed by atoms with Crippen molar-refractivity contribution in [3.8, 4) is 0 Å². The summed E-state index contributed by atoms with van der Waals surface area (Å²) in [6.07, 6.45) is 7.56. The summed E-state index contributed by atoms with van der Waals surface area (Å²) in [5.74, 6) is 0. The summed E-state index contributed by atoms with van der Waals surface area (Å²) in [4.78, 5) is 3.98. The van der Waals surface area contributed by atoms with E-state index in [0.717, 1.165) is 5.69 Å². The van der Waals surface area contributed by atoms with Gasteiger partial charge in [0.15, 0.2) is 0 Å². The van der Waals surface area contributed by atoms with Crippen LogP contribution in [0.3, 0.4) is 0 Å². The lowest BCUT2D eigenvalue weighted by Gasteiger charge is -1.78. The van der Waals surface area contributed by atoms with Crippen molar-refractivity contribution in [3.05, 3.63) is 36.2 Å². The standard InChI is InChI=1S/2C5H8N2.CH4/c1-5-3-7(2)4-6-5;1-5-3-6-7(2)4-5;/h2*3-4H,1-2H3;1H4. The molecule has 0 radical (unpaired) electrons. The Kier molecular flexibility index (Phi) is 5.37. The minimum atomic E-state index is 0. The molecule has 0 amide bonds. The van der Waals surface area contributed by atoms with Gasteiger partial charge < -0.3 is 4.57 Å². The van der Waals surface area contributed by atoms with Crippen molar-refractivity contribution in [2.45, 2.75) is 21.3 Å². The quantitative estimate of drug-likeness (QED) is 0.664. The number of hydrogen-bond acceptors (Lipinski definition) is 2. The van der Waals surface area contributed by atoms with Gasteiger partial charge in [-0.25, -0.2) is 4.98 Å². The zero-order valence-corrected chi connectivity index (χ0v) is 9.10. The van der Waals surface area contributed by atoms with E-state index in [9.17, 15) is 0 Å². The second-order valence-corrected chi connectivity index (χ2v) is 3.37. The molecular weight excluding hydrogens is 188 g/mol. The predicted molar refractivity (Wildman–Crippen MR) is 62.6 cm³/mol. The lowest BCUT2D eigenvalue weighted by atomic mass is 10.4. The van der Waals surface area contributed by atoms with Crippen molar-refractivity contribution < 1.29 is 0 Å². The van der Waals surface area contributed by atoms with Crippen LogP contribution in [0.5, 0.6) is 0 Å². The van der Waals surface area contributed by atoms with E-state index < -0.39 is 0 Å². The number of rotatable bonds is 0. The lowest BCUT2D eigenvalue weighted by molar-refractivity contribution is 0.767. The zero-order valence-electron chi connectivity index (χ0n) is 9.10. The smallest absolute Gasteiger partial charge is 0.0946 e. The zero-order chi connectivity index (χ0) is 10.6. The van der Waals surface area contributed by atoms with Crippen molar-refractivity contribution in [3.63, 3.8) is 0 Å². The number of aryl methyl sites for hydroxylation is 4. The first-order valence-electron chi connectivity index (χ1n) is 4.48. The highest BCUT2D eigenvalue weighted by atomic mass is 15.2. The molecule has 2 aromatic heterocycles. The van der Waals surface area contributed by atoms with Gasteiger partial charge in [-0.2, -0.15) is 5.10 Å². The Labute approximate surface area is 91.6 Å². The topological polar surface area (TPSA) is 35.6 Å². The third-order valence-corrected chi connectivity index (χ3v) is 1.67. The van der Waals surface area contributed by atoms with E-state index in [1.165, 1.54) is 5.56 Å². The van der Waals surface area contributed by atoms with Gasteiger partial charge in [-0.15, -0.1) is 0 Å². The van der Waals surface area contributed by atoms with Gasteiger partial charge in [-0.1, -0.05) is 7.43 Å². The van der Waals surface area contributed by atoms with Crippen LogP contribution in [0.1, 0.15) is 18.7 Å². The summed E-state index contributed by atoms with van der Waals surface area (Å²) < 4.78 is 3.71. The van der Waals surface area contributed by atoms with E-state index in [1.807, 2.05) is 51.1 Å². The molecule has 0 fully saturated rings. The van der Waals surface area contributed by atoms with Gasteiger partial charge >= 0.3 is 0 Å². The molecule has 15 heavy (non-hydrogen) atoms. The highest BCUT2D eigenvalue weighted by molar-refractivity contribution is 4.98. The SMILES string of the molecule is C.Cc1cn(C)cn1.Cc1cnn(C)c1. The third kappa shape index (κ3) is 5.00. The molecule has 4 nitrogen and oxygen atoms in total. The van der Waals surface area contributed by atoms with E-state index in [0.29, 0.717) is 0 Å². The van der Waals surface area contributed by atoms with Gasteiger partial charge in [0.25, 0.3) is 0 Å². The Balaban J connectivity index is 0.000000245. The van der Waals surface area contributed by atoms with Gasteiger partial charge in [0.05, 0.1) is 18.2 Å². The lowest BCUT2D eigenvalue weighted by Crippen LogP contribution is -1.83. The summed E-state index contributed by atoms with van der Waals surface area (Å²) >= 11 is 0. The van der Waals surface area contributed by atoms with Crippen LogP contribution >= 0.6 is 0 Å². The van der Waals surface area contributed by atoms with E-state index in [-0.39, 0.29) is 7.43 Å².